The highest BCUT2D eigenvalue weighted by Crippen LogP contribution is 1.76. The molecule has 0 bridgehead atoms. The van der Waals surface area contributed by atoms with Crippen molar-refractivity contribution in [2.24, 2.45) is 5.73 Å². The van der Waals surface area contributed by atoms with E-state index >= 15 is 0 Å². The minimum absolute atomic E-state index is 0.0961. The van der Waals surface area contributed by atoms with Crippen molar-refractivity contribution in [3.05, 3.63) is 0 Å². The van der Waals surface area contributed by atoms with Crippen LogP contribution in [0.2, 0.25) is 0 Å². The monoisotopic (exact) mass is 173 g/mol. The Labute approximate surface area is 71.9 Å². The zero-order valence-electron chi connectivity index (χ0n) is 7.46. The van der Waals surface area contributed by atoms with E-state index < -0.39 is 5.91 Å². The standard InChI is InChI=1S/C7H15N3O2/c1-10(2)5-7(12)9-4-3-6(8)11/h3-5H2,1-2H3,(H2,8,11)(H,9,12). The van der Waals surface area contributed by atoms with Crippen LogP contribution in [0.15, 0.2) is 0 Å². The van der Waals surface area contributed by atoms with Crippen molar-refractivity contribution in [3.8, 4) is 0 Å². The fraction of sp³-hybridized carbons (Fsp3) is 0.714. The lowest BCUT2D eigenvalue weighted by Gasteiger charge is -2.08. The Morgan fingerprint density at radius 1 is 1.42 bits per heavy atom. The Bertz CT molecular complexity index is 168. The molecule has 0 aliphatic heterocycles. The number of primary amides is 1. The summed E-state index contributed by atoms with van der Waals surface area (Å²) in [5.41, 5.74) is 4.88. The van der Waals surface area contributed by atoms with Crippen molar-refractivity contribution in [3.63, 3.8) is 0 Å². The van der Waals surface area contributed by atoms with Gasteiger partial charge in [-0.2, -0.15) is 0 Å². The fourth-order valence-electron chi connectivity index (χ4n) is 0.668. The van der Waals surface area contributed by atoms with E-state index in [1.165, 1.54) is 0 Å². The van der Waals surface area contributed by atoms with Crippen LogP contribution in [-0.2, 0) is 9.59 Å². The van der Waals surface area contributed by atoms with Gasteiger partial charge in [-0.05, 0) is 14.1 Å². The van der Waals surface area contributed by atoms with Crippen molar-refractivity contribution in [2.45, 2.75) is 6.42 Å². The van der Waals surface area contributed by atoms with Gasteiger partial charge in [0.15, 0.2) is 0 Å². The molecule has 0 atom stereocenters. The zero-order valence-corrected chi connectivity index (χ0v) is 7.46. The molecule has 0 aromatic rings. The third-order valence-corrected chi connectivity index (χ3v) is 1.15. The Morgan fingerprint density at radius 2 is 2.00 bits per heavy atom. The number of hydrogen-bond acceptors (Lipinski definition) is 3. The van der Waals surface area contributed by atoms with E-state index in [1.54, 1.807) is 19.0 Å². The van der Waals surface area contributed by atoms with Gasteiger partial charge < -0.3 is 16.0 Å². The van der Waals surface area contributed by atoms with Gasteiger partial charge in [-0.3, -0.25) is 9.59 Å². The Morgan fingerprint density at radius 3 is 2.42 bits per heavy atom. The first-order valence-corrected chi connectivity index (χ1v) is 3.72. The van der Waals surface area contributed by atoms with Gasteiger partial charge in [-0.25, -0.2) is 0 Å². The molecule has 3 N–H and O–H groups in total. The molecule has 0 heterocycles. The first-order valence-electron chi connectivity index (χ1n) is 3.72. The third kappa shape index (κ3) is 7.01. The number of carbonyl (C=O) groups excluding carboxylic acids is 2. The average molecular weight is 173 g/mol. The van der Waals surface area contributed by atoms with E-state index in [4.69, 9.17) is 5.73 Å². The van der Waals surface area contributed by atoms with Gasteiger partial charge in [-0.1, -0.05) is 0 Å². The zero-order chi connectivity index (χ0) is 9.56. The van der Waals surface area contributed by atoms with E-state index in [0.29, 0.717) is 13.1 Å². The van der Waals surface area contributed by atoms with Crippen LogP contribution in [0.1, 0.15) is 6.42 Å². The van der Waals surface area contributed by atoms with E-state index in [0.717, 1.165) is 0 Å². The maximum Gasteiger partial charge on any atom is 0.234 e. The summed E-state index contributed by atoms with van der Waals surface area (Å²) in [4.78, 5) is 22.9. The maximum atomic E-state index is 10.9. The van der Waals surface area contributed by atoms with E-state index in [2.05, 4.69) is 5.32 Å². The van der Waals surface area contributed by atoms with Crippen molar-refractivity contribution in [2.75, 3.05) is 27.2 Å². The quantitative estimate of drug-likeness (QED) is 0.533. The first-order chi connectivity index (χ1) is 5.52. The predicted octanol–water partition coefficient (Wildman–Crippen LogP) is -1.46. The number of amides is 2. The summed E-state index contributed by atoms with van der Waals surface area (Å²) in [6.07, 6.45) is 0.194. The molecule has 0 radical (unpaired) electrons. The number of carbonyl (C=O) groups is 2. The number of nitrogens with one attached hydrogen (secondary N) is 1. The summed E-state index contributed by atoms with van der Waals surface area (Å²) in [6, 6.07) is 0. The number of hydrogen-bond donors (Lipinski definition) is 2. The molecule has 0 unspecified atom stereocenters. The maximum absolute atomic E-state index is 10.9. The molecule has 0 fully saturated rings. The van der Waals surface area contributed by atoms with Gasteiger partial charge in [0.1, 0.15) is 0 Å². The molecular formula is C7H15N3O2. The van der Waals surface area contributed by atoms with Crippen LogP contribution in [-0.4, -0.2) is 43.9 Å². The van der Waals surface area contributed by atoms with Gasteiger partial charge in [-0.15, -0.1) is 0 Å². The van der Waals surface area contributed by atoms with Crippen LogP contribution in [0, 0.1) is 0 Å². The van der Waals surface area contributed by atoms with Crippen LogP contribution in [0.4, 0.5) is 0 Å². The molecule has 5 heteroatoms. The minimum atomic E-state index is -0.403. The number of rotatable bonds is 5. The molecular weight excluding hydrogens is 158 g/mol. The van der Waals surface area contributed by atoms with Crippen LogP contribution < -0.4 is 11.1 Å². The normalized spacial score (nSPS) is 9.92. The van der Waals surface area contributed by atoms with Crippen molar-refractivity contribution >= 4 is 11.8 Å². The molecule has 0 aromatic carbocycles. The van der Waals surface area contributed by atoms with Gasteiger partial charge in [0.2, 0.25) is 11.8 Å². The molecule has 0 saturated carbocycles. The van der Waals surface area contributed by atoms with Crippen LogP contribution >= 0.6 is 0 Å². The van der Waals surface area contributed by atoms with Crippen LogP contribution in [0.3, 0.4) is 0 Å². The predicted molar refractivity (Wildman–Crippen MR) is 45.4 cm³/mol. The van der Waals surface area contributed by atoms with E-state index in [1.807, 2.05) is 0 Å². The molecule has 0 aliphatic carbocycles. The smallest absolute Gasteiger partial charge is 0.234 e. The van der Waals surface area contributed by atoms with Crippen molar-refractivity contribution in [1.29, 1.82) is 0 Å². The topological polar surface area (TPSA) is 75.4 Å². The second-order valence-electron chi connectivity index (χ2n) is 2.80. The summed E-state index contributed by atoms with van der Waals surface area (Å²) in [6.45, 7) is 0.654. The molecule has 70 valence electrons. The molecule has 0 saturated heterocycles. The minimum Gasteiger partial charge on any atom is -0.370 e. The molecule has 12 heavy (non-hydrogen) atoms. The third-order valence-electron chi connectivity index (χ3n) is 1.15. The summed E-state index contributed by atoms with van der Waals surface area (Å²) in [5.74, 6) is -0.499. The molecule has 0 spiro atoms. The first kappa shape index (κ1) is 10.9. The number of nitrogens with two attached hydrogens (primary N) is 1. The highest BCUT2D eigenvalue weighted by molar-refractivity contribution is 5.79. The van der Waals surface area contributed by atoms with Gasteiger partial charge >= 0.3 is 0 Å². The van der Waals surface area contributed by atoms with Crippen molar-refractivity contribution in [1.82, 2.24) is 10.2 Å². The van der Waals surface area contributed by atoms with E-state index in [9.17, 15) is 9.59 Å². The summed E-state index contributed by atoms with van der Waals surface area (Å²) < 4.78 is 0. The molecule has 5 nitrogen and oxygen atoms in total. The summed E-state index contributed by atoms with van der Waals surface area (Å²) in [5, 5.41) is 2.56. The molecule has 2 amide bonds. The average Bonchev–Trinajstić information content (AvgIpc) is 1.84. The Kier molecular flexibility index (Phi) is 5.03. The summed E-state index contributed by atoms with van der Waals surface area (Å²) >= 11 is 0. The lowest BCUT2D eigenvalue weighted by molar-refractivity contribution is -0.122. The lowest BCUT2D eigenvalue weighted by Crippen LogP contribution is -2.35. The molecule has 0 aromatic heterocycles. The Balaban J connectivity index is 3.38. The van der Waals surface area contributed by atoms with Crippen LogP contribution in [0.25, 0.3) is 0 Å². The Hall–Kier alpha value is -1.10. The fourth-order valence-corrected chi connectivity index (χ4v) is 0.668. The van der Waals surface area contributed by atoms with Crippen LogP contribution in [0.5, 0.6) is 0 Å². The second-order valence-corrected chi connectivity index (χ2v) is 2.80. The summed E-state index contributed by atoms with van der Waals surface area (Å²) in [7, 11) is 3.60. The molecule has 0 aliphatic rings. The van der Waals surface area contributed by atoms with Gasteiger partial charge in [0, 0.05) is 13.0 Å². The van der Waals surface area contributed by atoms with Crippen molar-refractivity contribution < 1.29 is 9.59 Å². The number of likely N-dealkylation sites (N-methyl/N-ethyl adjacent to an activating group) is 1. The highest BCUT2D eigenvalue weighted by atomic mass is 16.2. The van der Waals surface area contributed by atoms with Gasteiger partial charge in [0.05, 0.1) is 6.54 Å². The number of nitrogens with zero attached hydrogens (tertiary/aromatic N) is 1. The van der Waals surface area contributed by atoms with Gasteiger partial charge in [0.25, 0.3) is 0 Å². The molecule has 0 rings (SSSR count). The van der Waals surface area contributed by atoms with E-state index in [-0.39, 0.29) is 12.3 Å². The highest BCUT2D eigenvalue weighted by Gasteiger charge is 2.01. The SMILES string of the molecule is CN(C)CC(=O)NCCC(N)=O. The lowest BCUT2D eigenvalue weighted by atomic mass is 10.4. The second kappa shape index (κ2) is 5.54. The largest absolute Gasteiger partial charge is 0.370 e.